The molecule has 1 aromatic heterocycles. The summed E-state index contributed by atoms with van der Waals surface area (Å²) >= 11 is 0. The lowest BCUT2D eigenvalue weighted by Crippen LogP contribution is -2.51. The van der Waals surface area contributed by atoms with Crippen molar-refractivity contribution in [1.29, 1.82) is 0 Å². The van der Waals surface area contributed by atoms with E-state index in [4.69, 9.17) is 4.74 Å². The number of hydrogen-bond donors (Lipinski definition) is 1. The lowest BCUT2D eigenvalue weighted by molar-refractivity contribution is -0.136. The van der Waals surface area contributed by atoms with Crippen molar-refractivity contribution in [3.63, 3.8) is 0 Å². The molecule has 0 spiro atoms. The number of rotatable bonds is 4. The molecular weight excluding hydrogens is 348 g/mol. The zero-order valence-corrected chi connectivity index (χ0v) is 15.3. The second-order valence-corrected chi connectivity index (χ2v) is 6.38. The van der Waals surface area contributed by atoms with Crippen molar-refractivity contribution >= 4 is 11.8 Å². The van der Waals surface area contributed by atoms with Crippen LogP contribution in [0.4, 0.5) is 0 Å². The number of aryl methyl sites for hydroxylation is 1. The molecule has 8 nitrogen and oxygen atoms in total. The first-order chi connectivity index (χ1) is 13.0. The highest BCUT2D eigenvalue weighted by atomic mass is 16.5. The summed E-state index contributed by atoms with van der Waals surface area (Å²) in [5, 5.41) is 6.80. The second-order valence-electron chi connectivity index (χ2n) is 6.38. The number of para-hydroxylation sites is 1. The van der Waals surface area contributed by atoms with Gasteiger partial charge in [-0.25, -0.2) is 4.68 Å². The Bertz CT molecular complexity index is 888. The van der Waals surface area contributed by atoms with E-state index in [1.165, 1.54) is 10.7 Å². The summed E-state index contributed by atoms with van der Waals surface area (Å²) in [5.74, 6) is -0.874. The Balaban J connectivity index is 1.80. The molecule has 1 saturated heterocycles. The van der Waals surface area contributed by atoms with E-state index in [1.54, 1.807) is 18.7 Å². The molecule has 142 valence electrons. The first kappa shape index (κ1) is 18.8. The van der Waals surface area contributed by atoms with Crippen molar-refractivity contribution in [2.45, 2.75) is 19.9 Å². The van der Waals surface area contributed by atoms with Gasteiger partial charge in [-0.2, -0.15) is 5.10 Å². The number of amides is 2. The number of carbonyl (C=O) groups excluding carboxylic acids is 2. The van der Waals surface area contributed by atoms with Crippen LogP contribution in [-0.4, -0.2) is 58.8 Å². The maximum Gasteiger partial charge on any atom is 0.276 e. The zero-order chi connectivity index (χ0) is 19.4. The molecule has 0 saturated carbocycles. The van der Waals surface area contributed by atoms with Crippen molar-refractivity contribution in [2.75, 3.05) is 26.3 Å². The monoisotopic (exact) mass is 370 g/mol. The van der Waals surface area contributed by atoms with Crippen LogP contribution in [0.1, 0.15) is 23.1 Å². The number of morpholine rings is 1. The summed E-state index contributed by atoms with van der Waals surface area (Å²) in [7, 11) is 0. The van der Waals surface area contributed by atoms with Gasteiger partial charge >= 0.3 is 0 Å². The molecule has 27 heavy (non-hydrogen) atoms. The smallest absolute Gasteiger partial charge is 0.276 e. The zero-order valence-electron chi connectivity index (χ0n) is 15.3. The Kier molecular flexibility index (Phi) is 5.66. The van der Waals surface area contributed by atoms with Crippen LogP contribution in [0.25, 0.3) is 5.69 Å². The summed E-state index contributed by atoms with van der Waals surface area (Å²) in [6.07, 6.45) is 0. The van der Waals surface area contributed by atoms with Gasteiger partial charge in [0.2, 0.25) is 11.3 Å². The fourth-order valence-corrected chi connectivity index (χ4v) is 2.92. The maximum atomic E-state index is 12.6. The Hall–Kier alpha value is -3.00. The highest BCUT2D eigenvalue weighted by Gasteiger charge is 2.25. The summed E-state index contributed by atoms with van der Waals surface area (Å²) in [5.41, 5.74) is 0.621. The highest BCUT2D eigenvalue weighted by molar-refractivity contribution is 5.95. The van der Waals surface area contributed by atoms with Gasteiger partial charge in [-0.1, -0.05) is 18.2 Å². The minimum atomic E-state index is -0.761. The SMILES string of the molecule is Cc1cc(=O)c(C(=O)N[C@@H](C)C(=O)N2CCOCC2)nn1-c1ccccc1. The van der Waals surface area contributed by atoms with Gasteiger partial charge in [-0.05, 0) is 26.0 Å². The van der Waals surface area contributed by atoms with Crippen LogP contribution in [0.2, 0.25) is 0 Å². The summed E-state index contributed by atoms with van der Waals surface area (Å²) in [6, 6.07) is 9.82. The molecule has 2 aromatic rings. The van der Waals surface area contributed by atoms with Gasteiger partial charge in [-0.15, -0.1) is 0 Å². The summed E-state index contributed by atoms with van der Waals surface area (Å²) in [6.45, 7) is 5.28. The Morgan fingerprint density at radius 3 is 2.52 bits per heavy atom. The molecule has 1 aliphatic heterocycles. The van der Waals surface area contributed by atoms with Crippen LogP contribution in [0.15, 0.2) is 41.2 Å². The fraction of sp³-hybridized carbons (Fsp3) is 0.368. The molecule has 1 aromatic carbocycles. The van der Waals surface area contributed by atoms with Gasteiger partial charge in [0.15, 0.2) is 5.69 Å². The van der Waals surface area contributed by atoms with E-state index in [2.05, 4.69) is 10.4 Å². The molecule has 0 aliphatic carbocycles. The average molecular weight is 370 g/mol. The summed E-state index contributed by atoms with van der Waals surface area (Å²) in [4.78, 5) is 38.9. The van der Waals surface area contributed by atoms with E-state index in [-0.39, 0.29) is 11.6 Å². The van der Waals surface area contributed by atoms with Gasteiger partial charge < -0.3 is 15.0 Å². The predicted octanol–water partition coefficient (Wildman–Crippen LogP) is 0.518. The van der Waals surface area contributed by atoms with E-state index >= 15 is 0 Å². The lowest BCUT2D eigenvalue weighted by Gasteiger charge is -2.29. The van der Waals surface area contributed by atoms with Gasteiger partial charge in [0.05, 0.1) is 18.9 Å². The number of benzene rings is 1. The van der Waals surface area contributed by atoms with Gasteiger partial charge in [-0.3, -0.25) is 14.4 Å². The normalized spacial score (nSPS) is 15.3. The van der Waals surface area contributed by atoms with E-state index in [0.717, 1.165) is 5.69 Å². The van der Waals surface area contributed by atoms with Gasteiger partial charge in [0, 0.05) is 24.8 Å². The number of carbonyl (C=O) groups is 2. The molecule has 8 heteroatoms. The fourth-order valence-electron chi connectivity index (χ4n) is 2.92. The third kappa shape index (κ3) is 4.22. The molecule has 1 N–H and O–H groups in total. The minimum Gasteiger partial charge on any atom is -0.378 e. The minimum absolute atomic E-state index is 0.206. The Labute approximate surface area is 156 Å². The third-order valence-corrected chi connectivity index (χ3v) is 4.36. The van der Waals surface area contributed by atoms with Crippen molar-refractivity contribution in [2.24, 2.45) is 0 Å². The van der Waals surface area contributed by atoms with Gasteiger partial charge in [0.1, 0.15) is 6.04 Å². The van der Waals surface area contributed by atoms with Crippen LogP contribution in [0, 0.1) is 6.92 Å². The van der Waals surface area contributed by atoms with Crippen LogP contribution in [0.3, 0.4) is 0 Å². The van der Waals surface area contributed by atoms with Crippen LogP contribution < -0.4 is 10.7 Å². The molecule has 1 atom stereocenters. The van der Waals surface area contributed by atoms with Crippen LogP contribution in [0.5, 0.6) is 0 Å². The topological polar surface area (TPSA) is 93.5 Å². The average Bonchev–Trinajstić information content (AvgIpc) is 2.68. The second kappa shape index (κ2) is 8.13. The van der Waals surface area contributed by atoms with Crippen molar-refractivity contribution in [3.8, 4) is 5.69 Å². The number of nitrogens with one attached hydrogen (secondary N) is 1. The van der Waals surface area contributed by atoms with E-state index in [9.17, 15) is 14.4 Å². The van der Waals surface area contributed by atoms with E-state index < -0.39 is 17.4 Å². The predicted molar refractivity (Wildman–Crippen MR) is 98.9 cm³/mol. The molecule has 2 amide bonds. The quantitative estimate of drug-likeness (QED) is 0.847. The molecule has 1 aliphatic rings. The van der Waals surface area contributed by atoms with E-state index in [0.29, 0.717) is 32.0 Å². The molecule has 0 radical (unpaired) electrons. The summed E-state index contributed by atoms with van der Waals surface area (Å²) < 4.78 is 6.76. The Morgan fingerprint density at radius 2 is 1.85 bits per heavy atom. The van der Waals surface area contributed by atoms with Crippen molar-refractivity contribution in [3.05, 3.63) is 58.0 Å². The first-order valence-electron chi connectivity index (χ1n) is 8.81. The molecule has 0 unspecified atom stereocenters. The van der Waals surface area contributed by atoms with Gasteiger partial charge in [0.25, 0.3) is 5.91 Å². The van der Waals surface area contributed by atoms with E-state index in [1.807, 2.05) is 30.3 Å². The molecule has 1 fully saturated rings. The van der Waals surface area contributed by atoms with Crippen molar-refractivity contribution < 1.29 is 14.3 Å². The standard InChI is InChI=1S/C19H22N4O4/c1-13-12-16(24)17(21-23(13)15-6-4-3-5-7-15)18(25)20-14(2)19(26)22-8-10-27-11-9-22/h3-7,12,14H,8-11H2,1-2H3,(H,20,25)/t14-/m0/s1. The maximum absolute atomic E-state index is 12.6. The number of aromatic nitrogens is 2. The number of hydrogen-bond acceptors (Lipinski definition) is 5. The lowest BCUT2D eigenvalue weighted by atomic mass is 10.2. The first-order valence-corrected chi connectivity index (χ1v) is 8.81. The molecule has 2 heterocycles. The molecular formula is C19H22N4O4. The largest absolute Gasteiger partial charge is 0.378 e. The van der Waals surface area contributed by atoms with Crippen LogP contribution >= 0.6 is 0 Å². The molecule has 3 rings (SSSR count). The van der Waals surface area contributed by atoms with Crippen LogP contribution in [-0.2, 0) is 9.53 Å². The van der Waals surface area contributed by atoms with Crippen molar-refractivity contribution in [1.82, 2.24) is 20.0 Å². The highest BCUT2D eigenvalue weighted by Crippen LogP contribution is 2.08. The third-order valence-electron chi connectivity index (χ3n) is 4.36. The molecule has 0 bridgehead atoms. The Morgan fingerprint density at radius 1 is 1.19 bits per heavy atom. The number of nitrogens with zero attached hydrogens (tertiary/aromatic N) is 3. The number of ether oxygens (including phenoxy) is 1.